The van der Waals surface area contributed by atoms with Gasteiger partial charge in [-0.1, -0.05) is 39.0 Å². The van der Waals surface area contributed by atoms with Crippen molar-refractivity contribution >= 4 is 0 Å². The van der Waals surface area contributed by atoms with Crippen molar-refractivity contribution in [2.45, 2.75) is 40.0 Å². The predicted molar refractivity (Wildman–Crippen MR) is 83.3 cm³/mol. The van der Waals surface area contributed by atoms with Gasteiger partial charge < -0.3 is 10.2 Å². The topological polar surface area (TPSA) is 40.5 Å². The van der Waals surface area contributed by atoms with E-state index in [0.29, 0.717) is 12.0 Å². The summed E-state index contributed by atoms with van der Waals surface area (Å²) in [7, 11) is 0. The highest BCUT2D eigenvalue weighted by molar-refractivity contribution is 5.70. The van der Waals surface area contributed by atoms with Crippen LogP contribution in [0.1, 0.15) is 37.5 Å². The molecule has 0 atom stereocenters. The lowest BCUT2D eigenvalue weighted by Gasteiger charge is -2.12. The largest absolute Gasteiger partial charge is 0.508 e. The minimum atomic E-state index is 0.167. The highest BCUT2D eigenvalue weighted by Gasteiger charge is 2.10. The summed E-state index contributed by atoms with van der Waals surface area (Å²) in [6.07, 6.45) is 2.63. The molecule has 2 rings (SSSR count). The Kier molecular flexibility index (Phi) is 4.33. The van der Waals surface area contributed by atoms with Crippen molar-refractivity contribution in [1.82, 2.24) is 0 Å². The molecule has 20 heavy (non-hydrogen) atoms. The number of phenolic OH excluding ortho intramolecular Hbond substituents is 2. The maximum atomic E-state index is 10.0. The van der Waals surface area contributed by atoms with Gasteiger partial charge in [0.15, 0.2) is 0 Å². The highest BCUT2D eigenvalue weighted by atomic mass is 16.3. The summed E-state index contributed by atoms with van der Waals surface area (Å²) in [5, 5.41) is 20.0. The molecule has 0 spiro atoms. The van der Waals surface area contributed by atoms with E-state index in [-0.39, 0.29) is 11.5 Å². The van der Waals surface area contributed by atoms with Gasteiger partial charge in [-0.25, -0.2) is 0 Å². The summed E-state index contributed by atoms with van der Waals surface area (Å²) in [4.78, 5) is 0. The molecule has 0 saturated heterocycles. The Morgan fingerprint density at radius 1 is 0.700 bits per heavy atom. The third-order valence-electron chi connectivity index (χ3n) is 3.86. The molecular formula is C18H22O2. The minimum absolute atomic E-state index is 0.167. The van der Waals surface area contributed by atoms with Crippen LogP contribution in [-0.2, 0) is 19.3 Å². The van der Waals surface area contributed by atoms with E-state index in [4.69, 9.17) is 0 Å². The van der Waals surface area contributed by atoms with Gasteiger partial charge in [-0.3, -0.25) is 0 Å². The number of aromatic hydroxyl groups is 2. The smallest absolute Gasteiger partial charge is 0.123 e. The van der Waals surface area contributed by atoms with Crippen LogP contribution in [0.2, 0.25) is 0 Å². The number of hydrogen-bond acceptors (Lipinski definition) is 2. The van der Waals surface area contributed by atoms with Gasteiger partial charge in [0.25, 0.3) is 0 Å². The standard InChI is InChI=1S/C18H22O2/c1-4-12-7-8-14(9-13(12)5-2)15-10-17(19)16(6-3)18(20)11-15/h7-11,19-20H,4-6H2,1-3H3. The van der Waals surface area contributed by atoms with Gasteiger partial charge in [-0.2, -0.15) is 0 Å². The summed E-state index contributed by atoms with van der Waals surface area (Å²) < 4.78 is 0. The third-order valence-corrected chi connectivity index (χ3v) is 3.86. The maximum Gasteiger partial charge on any atom is 0.123 e. The fourth-order valence-electron chi connectivity index (χ4n) is 2.65. The Morgan fingerprint density at radius 2 is 1.30 bits per heavy atom. The van der Waals surface area contributed by atoms with Crippen molar-refractivity contribution in [3.63, 3.8) is 0 Å². The summed E-state index contributed by atoms with van der Waals surface area (Å²) in [5.41, 5.74) is 5.18. The van der Waals surface area contributed by atoms with Crippen LogP contribution >= 0.6 is 0 Å². The van der Waals surface area contributed by atoms with Crippen LogP contribution in [0.5, 0.6) is 11.5 Å². The van der Waals surface area contributed by atoms with E-state index in [2.05, 4.69) is 32.0 Å². The fourth-order valence-corrected chi connectivity index (χ4v) is 2.65. The lowest BCUT2D eigenvalue weighted by molar-refractivity contribution is 0.440. The molecule has 0 fully saturated rings. The van der Waals surface area contributed by atoms with Crippen molar-refractivity contribution < 1.29 is 10.2 Å². The number of rotatable bonds is 4. The molecule has 0 heterocycles. The predicted octanol–water partition coefficient (Wildman–Crippen LogP) is 4.45. The number of hydrogen-bond donors (Lipinski definition) is 2. The van der Waals surface area contributed by atoms with Crippen molar-refractivity contribution in [1.29, 1.82) is 0 Å². The molecule has 2 aromatic rings. The first kappa shape index (κ1) is 14.4. The second kappa shape index (κ2) is 6.00. The van der Waals surface area contributed by atoms with Crippen molar-refractivity contribution in [2.24, 2.45) is 0 Å². The van der Waals surface area contributed by atoms with E-state index < -0.39 is 0 Å². The second-order valence-corrected chi connectivity index (χ2v) is 5.04. The number of benzene rings is 2. The quantitative estimate of drug-likeness (QED) is 0.861. The van der Waals surface area contributed by atoms with Crippen LogP contribution in [0.25, 0.3) is 11.1 Å². The molecule has 0 saturated carbocycles. The van der Waals surface area contributed by atoms with Gasteiger partial charge in [0.2, 0.25) is 0 Å². The Morgan fingerprint density at radius 3 is 1.80 bits per heavy atom. The third kappa shape index (κ3) is 2.64. The summed E-state index contributed by atoms with van der Waals surface area (Å²) in [6.45, 7) is 6.22. The number of aryl methyl sites for hydroxylation is 2. The van der Waals surface area contributed by atoms with Gasteiger partial charge in [-0.15, -0.1) is 0 Å². The molecule has 0 aliphatic rings. The Hall–Kier alpha value is -1.96. The van der Waals surface area contributed by atoms with Crippen LogP contribution in [0.15, 0.2) is 30.3 Å². The van der Waals surface area contributed by atoms with E-state index in [0.717, 1.165) is 24.0 Å². The van der Waals surface area contributed by atoms with E-state index >= 15 is 0 Å². The normalized spacial score (nSPS) is 10.8. The van der Waals surface area contributed by atoms with Crippen LogP contribution in [-0.4, -0.2) is 10.2 Å². The van der Waals surface area contributed by atoms with Gasteiger partial charge in [0, 0.05) is 5.56 Å². The van der Waals surface area contributed by atoms with E-state index in [1.54, 1.807) is 12.1 Å². The molecule has 0 amide bonds. The van der Waals surface area contributed by atoms with E-state index in [1.807, 2.05) is 6.92 Å². The van der Waals surface area contributed by atoms with Crippen LogP contribution in [0.4, 0.5) is 0 Å². The van der Waals surface area contributed by atoms with Gasteiger partial charge >= 0.3 is 0 Å². The lowest BCUT2D eigenvalue weighted by Crippen LogP contribution is -1.92. The molecule has 0 bridgehead atoms. The van der Waals surface area contributed by atoms with Gasteiger partial charge in [0.1, 0.15) is 11.5 Å². The minimum Gasteiger partial charge on any atom is -0.508 e. The van der Waals surface area contributed by atoms with Crippen molar-refractivity contribution in [3.05, 3.63) is 47.0 Å². The Labute approximate surface area is 120 Å². The molecular weight excluding hydrogens is 248 g/mol. The van der Waals surface area contributed by atoms with Crippen LogP contribution in [0, 0.1) is 0 Å². The molecule has 0 aliphatic heterocycles. The Balaban J connectivity index is 2.51. The van der Waals surface area contributed by atoms with Gasteiger partial charge in [0.05, 0.1) is 0 Å². The van der Waals surface area contributed by atoms with E-state index in [9.17, 15) is 10.2 Å². The average Bonchev–Trinajstić information content (AvgIpc) is 2.46. The Bertz CT molecular complexity index is 592. The summed E-state index contributed by atoms with van der Waals surface area (Å²) in [6, 6.07) is 9.81. The first-order chi connectivity index (χ1) is 9.60. The first-order valence-corrected chi connectivity index (χ1v) is 7.27. The number of phenols is 2. The molecule has 0 radical (unpaired) electrons. The highest BCUT2D eigenvalue weighted by Crippen LogP contribution is 2.34. The molecule has 2 nitrogen and oxygen atoms in total. The lowest BCUT2D eigenvalue weighted by atomic mass is 9.95. The zero-order valence-electron chi connectivity index (χ0n) is 12.4. The summed E-state index contributed by atoms with van der Waals surface area (Å²) >= 11 is 0. The van der Waals surface area contributed by atoms with Crippen molar-refractivity contribution in [3.8, 4) is 22.6 Å². The van der Waals surface area contributed by atoms with E-state index in [1.165, 1.54) is 11.1 Å². The monoisotopic (exact) mass is 270 g/mol. The molecule has 2 aromatic carbocycles. The zero-order chi connectivity index (χ0) is 14.7. The molecule has 0 unspecified atom stereocenters. The molecule has 0 aromatic heterocycles. The summed E-state index contributed by atoms with van der Waals surface area (Å²) in [5.74, 6) is 0.334. The molecule has 2 N–H and O–H groups in total. The molecule has 106 valence electrons. The van der Waals surface area contributed by atoms with Crippen LogP contribution in [0.3, 0.4) is 0 Å². The fraction of sp³-hybridized carbons (Fsp3) is 0.333. The van der Waals surface area contributed by atoms with Gasteiger partial charge in [-0.05, 0) is 53.6 Å². The zero-order valence-corrected chi connectivity index (χ0v) is 12.4. The SMILES string of the molecule is CCc1ccc(-c2cc(O)c(CC)c(O)c2)cc1CC. The van der Waals surface area contributed by atoms with Crippen molar-refractivity contribution in [2.75, 3.05) is 0 Å². The second-order valence-electron chi connectivity index (χ2n) is 5.04. The van der Waals surface area contributed by atoms with Crippen LogP contribution < -0.4 is 0 Å². The maximum absolute atomic E-state index is 10.0. The molecule has 2 heteroatoms. The first-order valence-electron chi connectivity index (χ1n) is 7.27. The average molecular weight is 270 g/mol. The molecule has 0 aliphatic carbocycles.